The van der Waals surface area contributed by atoms with Gasteiger partial charge in [-0.1, -0.05) is 45.0 Å². The summed E-state index contributed by atoms with van der Waals surface area (Å²) in [7, 11) is 0. The van der Waals surface area contributed by atoms with Gasteiger partial charge in [0.2, 0.25) is 0 Å². The fourth-order valence-corrected chi connectivity index (χ4v) is 3.20. The first-order valence-electron chi connectivity index (χ1n) is 10.0. The van der Waals surface area contributed by atoms with Crippen molar-refractivity contribution >= 4 is 23.3 Å². The smallest absolute Gasteiger partial charge is 0.321 e. The number of likely N-dealkylation sites (tertiary alicyclic amines) is 1. The fraction of sp³-hybridized carbons (Fsp3) is 0.391. The topological polar surface area (TPSA) is 70.7 Å². The van der Waals surface area contributed by atoms with Crippen LogP contribution in [0.5, 0.6) is 5.75 Å². The van der Waals surface area contributed by atoms with Gasteiger partial charge in [0.05, 0.1) is 11.4 Å². The molecule has 0 bridgehead atoms. The third-order valence-electron chi connectivity index (χ3n) is 4.93. The van der Waals surface area contributed by atoms with Crippen molar-refractivity contribution in [3.63, 3.8) is 0 Å². The zero-order chi connectivity index (χ0) is 20.9. The second kappa shape index (κ2) is 8.99. The van der Waals surface area contributed by atoms with Crippen molar-refractivity contribution in [2.24, 2.45) is 0 Å². The van der Waals surface area contributed by atoms with Crippen molar-refractivity contribution in [3.8, 4) is 5.75 Å². The molecule has 6 heteroatoms. The molecular weight excluding hydrogens is 366 g/mol. The molecule has 1 aliphatic heterocycles. The first-order chi connectivity index (χ1) is 13.8. The van der Waals surface area contributed by atoms with Crippen LogP contribution in [-0.2, 0) is 10.2 Å². The van der Waals surface area contributed by atoms with Gasteiger partial charge in [-0.15, -0.1) is 0 Å². The first-order valence-corrected chi connectivity index (χ1v) is 10.0. The molecular formula is C23H29N3O3. The molecule has 29 heavy (non-hydrogen) atoms. The molecule has 0 saturated carbocycles. The molecule has 3 amide bonds. The van der Waals surface area contributed by atoms with Gasteiger partial charge in [0.25, 0.3) is 5.91 Å². The van der Waals surface area contributed by atoms with Crippen LogP contribution >= 0.6 is 0 Å². The Kier molecular flexibility index (Phi) is 6.42. The number of rotatable bonds is 5. The molecule has 6 nitrogen and oxygen atoms in total. The van der Waals surface area contributed by atoms with E-state index in [1.165, 1.54) is 5.56 Å². The Morgan fingerprint density at radius 3 is 2.10 bits per heavy atom. The third-order valence-corrected chi connectivity index (χ3v) is 4.93. The second-order valence-corrected chi connectivity index (χ2v) is 8.28. The molecule has 1 aliphatic rings. The van der Waals surface area contributed by atoms with Gasteiger partial charge in [-0.25, -0.2) is 4.79 Å². The van der Waals surface area contributed by atoms with E-state index in [0.717, 1.165) is 25.9 Å². The Labute approximate surface area is 172 Å². The SMILES string of the molecule is CC(C)(C)c1ccc(OCC(=O)Nc2ccccc2NC(=O)N2CCCC2)cc1. The highest BCUT2D eigenvalue weighted by atomic mass is 16.5. The highest BCUT2D eigenvalue weighted by molar-refractivity contribution is 5.99. The van der Waals surface area contributed by atoms with Crippen LogP contribution in [0, 0.1) is 0 Å². The van der Waals surface area contributed by atoms with E-state index in [0.29, 0.717) is 17.1 Å². The van der Waals surface area contributed by atoms with Crippen LogP contribution < -0.4 is 15.4 Å². The number of amides is 3. The van der Waals surface area contributed by atoms with Crippen LogP contribution in [0.1, 0.15) is 39.2 Å². The monoisotopic (exact) mass is 395 g/mol. The molecule has 0 aliphatic carbocycles. The lowest BCUT2D eigenvalue weighted by molar-refractivity contribution is -0.118. The largest absolute Gasteiger partial charge is 0.484 e. The van der Waals surface area contributed by atoms with E-state index in [4.69, 9.17) is 4.74 Å². The number of carbonyl (C=O) groups excluding carboxylic acids is 2. The minimum atomic E-state index is -0.284. The summed E-state index contributed by atoms with van der Waals surface area (Å²) in [4.78, 5) is 26.5. The summed E-state index contributed by atoms with van der Waals surface area (Å²) in [5.74, 6) is 0.358. The molecule has 2 aromatic rings. The minimum absolute atomic E-state index is 0.0686. The van der Waals surface area contributed by atoms with Gasteiger partial charge in [-0.05, 0) is 48.1 Å². The zero-order valence-electron chi connectivity index (χ0n) is 17.3. The number of hydrogen-bond donors (Lipinski definition) is 2. The van der Waals surface area contributed by atoms with Gasteiger partial charge in [-0.2, -0.15) is 0 Å². The minimum Gasteiger partial charge on any atom is -0.484 e. The van der Waals surface area contributed by atoms with Crippen LogP contribution in [-0.4, -0.2) is 36.5 Å². The Hall–Kier alpha value is -3.02. The van der Waals surface area contributed by atoms with Gasteiger partial charge in [0.15, 0.2) is 6.61 Å². The average Bonchev–Trinajstić information content (AvgIpc) is 3.22. The molecule has 1 heterocycles. The number of urea groups is 1. The van der Waals surface area contributed by atoms with Gasteiger partial charge in [-0.3, -0.25) is 4.79 Å². The summed E-state index contributed by atoms with van der Waals surface area (Å²) in [6.07, 6.45) is 2.06. The van der Waals surface area contributed by atoms with Crippen LogP contribution in [0.3, 0.4) is 0 Å². The Morgan fingerprint density at radius 2 is 1.52 bits per heavy atom. The molecule has 1 saturated heterocycles. The second-order valence-electron chi connectivity index (χ2n) is 8.28. The van der Waals surface area contributed by atoms with Gasteiger partial charge < -0.3 is 20.3 Å². The lowest BCUT2D eigenvalue weighted by Gasteiger charge is -2.19. The van der Waals surface area contributed by atoms with Crippen molar-refractivity contribution in [2.75, 3.05) is 30.3 Å². The van der Waals surface area contributed by atoms with Crippen molar-refractivity contribution in [1.29, 1.82) is 0 Å². The normalized spacial score (nSPS) is 13.8. The van der Waals surface area contributed by atoms with E-state index in [2.05, 4.69) is 31.4 Å². The number of nitrogens with one attached hydrogen (secondary N) is 2. The fourth-order valence-electron chi connectivity index (χ4n) is 3.20. The summed E-state index contributed by atoms with van der Waals surface area (Å²) in [6.45, 7) is 7.87. The maximum atomic E-state index is 12.3. The van der Waals surface area contributed by atoms with Crippen molar-refractivity contribution in [2.45, 2.75) is 39.0 Å². The summed E-state index contributed by atoms with van der Waals surface area (Å²) in [6, 6.07) is 14.8. The summed E-state index contributed by atoms with van der Waals surface area (Å²) >= 11 is 0. The Morgan fingerprint density at radius 1 is 0.931 bits per heavy atom. The van der Waals surface area contributed by atoms with Crippen molar-refractivity contribution in [3.05, 3.63) is 54.1 Å². The number of nitrogens with zero attached hydrogens (tertiary/aromatic N) is 1. The Bertz CT molecular complexity index is 850. The predicted octanol–water partition coefficient (Wildman–Crippen LogP) is 4.63. The number of anilines is 2. The zero-order valence-corrected chi connectivity index (χ0v) is 17.3. The molecule has 0 aromatic heterocycles. The van der Waals surface area contributed by atoms with Gasteiger partial charge in [0.1, 0.15) is 5.75 Å². The van der Waals surface area contributed by atoms with Crippen molar-refractivity contribution < 1.29 is 14.3 Å². The lowest BCUT2D eigenvalue weighted by atomic mass is 9.87. The van der Waals surface area contributed by atoms with Crippen LogP contribution in [0.25, 0.3) is 0 Å². The van der Waals surface area contributed by atoms with Crippen LogP contribution in [0.15, 0.2) is 48.5 Å². The van der Waals surface area contributed by atoms with Gasteiger partial charge in [0, 0.05) is 13.1 Å². The standard InChI is InChI=1S/C23H29N3O3/c1-23(2,3)17-10-12-18(13-11-17)29-16-21(27)24-19-8-4-5-9-20(19)25-22(28)26-14-6-7-15-26/h4-5,8-13H,6-7,14-16H2,1-3H3,(H,24,27)(H,25,28). The van der Waals surface area contributed by atoms with E-state index in [1.807, 2.05) is 36.4 Å². The summed E-state index contributed by atoms with van der Waals surface area (Å²) in [5.41, 5.74) is 2.40. The van der Waals surface area contributed by atoms with E-state index in [1.54, 1.807) is 17.0 Å². The lowest BCUT2D eigenvalue weighted by Crippen LogP contribution is -2.32. The molecule has 2 N–H and O–H groups in total. The highest BCUT2D eigenvalue weighted by Crippen LogP contribution is 2.25. The molecule has 3 rings (SSSR count). The molecule has 0 radical (unpaired) electrons. The van der Waals surface area contributed by atoms with E-state index >= 15 is 0 Å². The van der Waals surface area contributed by atoms with Crippen molar-refractivity contribution in [1.82, 2.24) is 4.90 Å². The first kappa shape index (κ1) is 20.7. The molecule has 154 valence electrons. The number of benzene rings is 2. The molecule has 0 spiro atoms. The molecule has 0 unspecified atom stereocenters. The Balaban J connectivity index is 1.56. The van der Waals surface area contributed by atoms with E-state index in [-0.39, 0.29) is 24.0 Å². The predicted molar refractivity (Wildman–Crippen MR) is 116 cm³/mol. The number of ether oxygens (including phenoxy) is 1. The third kappa shape index (κ3) is 5.73. The van der Waals surface area contributed by atoms with Crippen LogP contribution in [0.2, 0.25) is 0 Å². The number of carbonyl (C=O) groups is 2. The van der Waals surface area contributed by atoms with Crippen LogP contribution in [0.4, 0.5) is 16.2 Å². The average molecular weight is 396 g/mol. The maximum absolute atomic E-state index is 12.3. The molecule has 0 atom stereocenters. The maximum Gasteiger partial charge on any atom is 0.321 e. The summed E-state index contributed by atoms with van der Waals surface area (Å²) in [5, 5.41) is 5.70. The quantitative estimate of drug-likeness (QED) is 0.775. The molecule has 2 aromatic carbocycles. The van der Waals surface area contributed by atoms with E-state index in [9.17, 15) is 9.59 Å². The highest BCUT2D eigenvalue weighted by Gasteiger charge is 2.19. The number of para-hydroxylation sites is 2. The molecule has 1 fully saturated rings. The number of hydrogen-bond acceptors (Lipinski definition) is 3. The summed E-state index contributed by atoms with van der Waals surface area (Å²) < 4.78 is 5.60. The van der Waals surface area contributed by atoms with E-state index < -0.39 is 0 Å². The van der Waals surface area contributed by atoms with Gasteiger partial charge >= 0.3 is 6.03 Å².